The van der Waals surface area contributed by atoms with Crippen molar-refractivity contribution in [3.8, 4) is 0 Å². The van der Waals surface area contributed by atoms with Gasteiger partial charge in [-0.05, 0) is 29.5 Å². The van der Waals surface area contributed by atoms with Gasteiger partial charge in [0.1, 0.15) is 5.82 Å². The van der Waals surface area contributed by atoms with Crippen LogP contribution in [0.4, 0.5) is 4.39 Å². The Kier molecular flexibility index (Phi) is 3.47. The summed E-state index contributed by atoms with van der Waals surface area (Å²) >= 11 is 0. The smallest absolute Gasteiger partial charge is 0.126 e. The van der Waals surface area contributed by atoms with Crippen molar-refractivity contribution in [3.63, 3.8) is 0 Å². The van der Waals surface area contributed by atoms with Gasteiger partial charge >= 0.3 is 0 Å². The molecule has 1 aromatic carbocycles. The van der Waals surface area contributed by atoms with Gasteiger partial charge in [0, 0.05) is 0 Å². The van der Waals surface area contributed by atoms with E-state index in [2.05, 4.69) is 6.92 Å². The quantitative estimate of drug-likeness (QED) is 0.661. The van der Waals surface area contributed by atoms with Gasteiger partial charge in [0.25, 0.3) is 0 Å². The minimum atomic E-state index is -0.0547. The highest BCUT2D eigenvalue weighted by Crippen LogP contribution is 2.19. The number of benzene rings is 1. The summed E-state index contributed by atoms with van der Waals surface area (Å²) in [6.07, 6.45) is 2.04. The topological polar surface area (TPSA) is 0 Å². The Bertz CT molecular complexity index is 276. The third kappa shape index (κ3) is 2.55. The number of aryl methyl sites for hydroxylation is 1. The number of halogens is 1. The van der Waals surface area contributed by atoms with Crippen LogP contribution in [0.5, 0.6) is 0 Å². The summed E-state index contributed by atoms with van der Waals surface area (Å²) in [6.45, 7) is 6.13. The van der Waals surface area contributed by atoms with Gasteiger partial charge in [0.2, 0.25) is 0 Å². The van der Waals surface area contributed by atoms with Gasteiger partial charge in [0.15, 0.2) is 0 Å². The second-order valence-corrected chi connectivity index (χ2v) is 3.76. The van der Waals surface area contributed by atoms with Crippen LogP contribution in [0.2, 0.25) is 0 Å². The van der Waals surface area contributed by atoms with Crippen LogP contribution in [0.15, 0.2) is 18.2 Å². The van der Waals surface area contributed by atoms with Gasteiger partial charge in [-0.25, -0.2) is 4.39 Å². The number of hydrogen-bond acceptors (Lipinski definition) is 0. The first kappa shape index (κ1) is 10.2. The molecule has 1 heteroatoms. The average molecular weight is 180 g/mol. The van der Waals surface area contributed by atoms with E-state index in [9.17, 15) is 4.39 Å². The van der Waals surface area contributed by atoms with E-state index in [1.165, 1.54) is 0 Å². The zero-order valence-electron chi connectivity index (χ0n) is 8.60. The molecule has 0 unspecified atom stereocenters. The van der Waals surface area contributed by atoms with Gasteiger partial charge in [0.05, 0.1) is 0 Å². The van der Waals surface area contributed by atoms with E-state index in [-0.39, 0.29) is 11.7 Å². The molecule has 0 saturated heterocycles. The lowest BCUT2D eigenvalue weighted by atomic mass is 9.99. The Morgan fingerprint density at radius 3 is 2.46 bits per heavy atom. The largest absolute Gasteiger partial charge is 0.207 e. The lowest BCUT2D eigenvalue weighted by molar-refractivity contribution is 0.595. The molecule has 0 bridgehead atoms. The molecule has 1 aromatic rings. The summed E-state index contributed by atoms with van der Waals surface area (Å²) in [6, 6.07) is 5.60. The minimum absolute atomic E-state index is 0.0547. The summed E-state index contributed by atoms with van der Waals surface area (Å²) in [5.41, 5.74) is 1.92. The molecule has 0 aliphatic rings. The van der Waals surface area contributed by atoms with E-state index >= 15 is 0 Å². The Morgan fingerprint density at radius 2 is 2.00 bits per heavy atom. The van der Waals surface area contributed by atoms with Crippen molar-refractivity contribution >= 4 is 0 Å². The number of hydrogen-bond donors (Lipinski definition) is 0. The molecule has 0 atom stereocenters. The van der Waals surface area contributed by atoms with E-state index < -0.39 is 0 Å². The summed E-state index contributed by atoms with van der Waals surface area (Å²) in [5, 5.41) is 0. The molecule has 72 valence electrons. The number of rotatable bonds is 3. The molecule has 13 heavy (non-hydrogen) atoms. The van der Waals surface area contributed by atoms with Gasteiger partial charge in [-0.15, -0.1) is 0 Å². The third-order valence-electron chi connectivity index (χ3n) is 2.23. The fraction of sp³-hybridized carbons (Fsp3) is 0.500. The van der Waals surface area contributed by atoms with Crippen LogP contribution in [0.25, 0.3) is 0 Å². The summed E-state index contributed by atoms with van der Waals surface area (Å²) in [5.74, 6) is 0.219. The molecular formula is C12H17F. The van der Waals surface area contributed by atoms with Gasteiger partial charge in [-0.3, -0.25) is 0 Å². The highest BCUT2D eigenvalue weighted by Gasteiger charge is 2.06. The molecule has 0 nitrogen and oxygen atoms in total. The normalized spacial score (nSPS) is 10.8. The van der Waals surface area contributed by atoms with Crippen molar-refractivity contribution in [2.45, 2.75) is 39.5 Å². The van der Waals surface area contributed by atoms with Crippen LogP contribution in [0.1, 0.15) is 44.2 Å². The molecule has 1 rings (SSSR count). The van der Waals surface area contributed by atoms with Gasteiger partial charge < -0.3 is 0 Å². The monoisotopic (exact) mass is 180 g/mol. The summed E-state index contributed by atoms with van der Waals surface area (Å²) in [4.78, 5) is 0. The highest BCUT2D eigenvalue weighted by atomic mass is 19.1. The lowest BCUT2D eigenvalue weighted by Crippen LogP contribution is -1.94. The van der Waals surface area contributed by atoms with Crippen molar-refractivity contribution in [1.29, 1.82) is 0 Å². The molecule has 0 aliphatic heterocycles. The van der Waals surface area contributed by atoms with Crippen LogP contribution in [-0.2, 0) is 6.42 Å². The van der Waals surface area contributed by atoms with Gasteiger partial charge in [-0.1, -0.05) is 39.3 Å². The molecule has 0 saturated carbocycles. The Labute approximate surface area is 79.8 Å². The van der Waals surface area contributed by atoms with Gasteiger partial charge in [-0.2, -0.15) is 0 Å². The Balaban J connectivity index is 2.92. The molecule has 0 heterocycles. The van der Waals surface area contributed by atoms with Crippen molar-refractivity contribution in [2.75, 3.05) is 0 Å². The molecule has 0 amide bonds. The molecule has 0 aromatic heterocycles. The van der Waals surface area contributed by atoms with Crippen LogP contribution in [-0.4, -0.2) is 0 Å². The average Bonchev–Trinajstić information content (AvgIpc) is 2.04. The van der Waals surface area contributed by atoms with Crippen LogP contribution in [0.3, 0.4) is 0 Å². The highest BCUT2D eigenvalue weighted by molar-refractivity contribution is 5.26. The standard InChI is InChI=1S/C12H17F/c1-4-5-10-6-7-11(9(2)3)12(13)8-10/h6-9H,4-5H2,1-3H3. The Hall–Kier alpha value is -0.850. The lowest BCUT2D eigenvalue weighted by Gasteiger charge is -2.08. The maximum atomic E-state index is 13.4. The zero-order chi connectivity index (χ0) is 9.84. The van der Waals surface area contributed by atoms with E-state index in [0.29, 0.717) is 0 Å². The van der Waals surface area contributed by atoms with Crippen molar-refractivity contribution in [2.24, 2.45) is 0 Å². The first-order valence-electron chi connectivity index (χ1n) is 4.93. The van der Waals surface area contributed by atoms with Crippen molar-refractivity contribution in [3.05, 3.63) is 35.1 Å². The second kappa shape index (κ2) is 4.40. The molecular weight excluding hydrogens is 163 g/mol. The summed E-state index contributed by atoms with van der Waals surface area (Å²) in [7, 11) is 0. The van der Waals surface area contributed by atoms with Crippen molar-refractivity contribution < 1.29 is 4.39 Å². The summed E-state index contributed by atoms with van der Waals surface area (Å²) < 4.78 is 13.4. The Morgan fingerprint density at radius 1 is 1.31 bits per heavy atom. The molecule has 0 spiro atoms. The van der Waals surface area contributed by atoms with E-state index in [0.717, 1.165) is 24.0 Å². The van der Waals surface area contributed by atoms with E-state index in [1.54, 1.807) is 6.07 Å². The molecule has 0 fully saturated rings. The predicted molar refractivity (Wildman–Crippen MR) is 54.5 cm³/mol. The van der Waals surface area contributed by atoms with Crippen LogP contribution in [0, 0.1) is 5.82 Å². The first-order valence-corrected chi connectivity index (χ1v) is 4.93. The maximum absolute atomic E-state index is 13.4. The fourth-order valence-corrected chi connectivity index (χ4v) is 1.48. The van der Waals surface area contributed by atoms with Crippen LogP contribution < -0.4 is 0 Å². The molecule has 0 radical (unpaired) electrons. The zero-order valence-corrected chi connectivity index (χ0v) is 8.60. The third-order valence-corrected chi connectivity index (χ3v) is 2.23. The predicted octanol–water partition coefficient (Wildman–Crippen LogP) is 3.90. The minimum Gasteiger partial charge on any atom is -0.207 e. The van der Waals surface area contributed by atoms with E-state index in [4.69, 9.17) is 0 Å². The van der Waals surface area contributed by atoms with E-state index in [1.807, 2.05) is 26.0 Å². The van der Waals surface area contributed by atoms with Crippen LogP contribution >= 0.6 is 0 Å². The molecule has 0 N–H and O–H groups in total. The fourth-order valence-electron chi connectivity index (χ4n) is 1.48. The first-order chi connectivity index (χ1) is 6.15. The maximum Gasteiger partial charge on any atom is 0.126 e. The molecule has 0 aliphatic carbocycles. The SMILES string of the molecule is CCCc1ccc(C(C)C)c(F)c1. The van der Waals surface area contributed by atoms with Crippen molar-refractivity contribution in [1.82, 2.24) is 0 Å². The second-order valence-electron chi connectivity index (χ2n) is 3.76.